The Morgan fingerprint density at radius 1 is 0.821 bits per heavy atom. The molecule has 2 amide bonds. The molecule has 0 atom stereocenters. The molecule has 3 rings (SSSR count). The molecular formula is C31H34N2O6. The number of aryl methyl sites for hydroxylation is 1. The van der Waals surface area contributed by atoms with Gasteiger partial charge in [0, 0.05) is 29.8 Å². The van der Waals surface area contributed by atoms with Crippen LogP contribution in [0.15, 0.2) is 66.7 Å². The molecule has 0 heterocycles. The minimum absolute atomic E-state index is 0.00196. The zero-order valence-corrected chi connectivity index (χ0v) is 22.7. The van der Waals surface area contributed by atoms with Crippen LogP contribution in [0.25, 0.3) is 0 Å². The molecular weight excluding hydrogens is 496 g/mol. The summed E-state index contributed by atoms with van der Waals surface area (Å²) in [5.41, 5.74) is 3.76. The molecule has 0 saturated heterocycles. The van der Waals surface area contributed by atoms with Crippen LogP contribution in [0, 0.1) is 6.92 Å². The van der Waals surface area contributed by atoms with Crippen molar-refractivity contribution in [1.29, 1.82) is 0 Å². The van der Waals surface area contributed by atoms with Crippen LogP contribution in [0.3, 0.4) is 0 Å². The molecule has 0 aliphatic carbocycles. The zero-order valence-electron chi connectivity index (χ0n) is 22.7. The largest absolute Gasteiger partial charge is 0.457 e. The fourth-order valence-electron chi connectivity index (χ4n) is 3.79. The van der Waals surface area contributed by atoms with Crippen molar-refractivity contribution in [2.75, 3.05) is 17.2 Å². The first-order valence-corrected chi connectivity index (χ1v) is 12.9. The van der Waals surface area contributed by atoms with Crippen molar-refractivity contribution in [3.05, 3.63) is 83.4 Å². The van der Waals surface area contributed by atoms with Gasteiger partial charge in [0.05, 0.1) is 0 Å². The third-order valence-corrected chi connectivity index (χ3v) is 5.86. The fraction of sp³-hybridized carbons (Fsp3) is 0.290. The molecule has 0 unspecified atom stereocenters. The van der Waals surface area contributed by atoms with Crippen molar-refractivity contribution in [1.82, 2.24) is 0 Å². The van der Waals surface area contributed by atoms with E-state index >= 15 is 0 Å². The minimum atomic E-state index is -0.575. The summed E-state index contributed by atoms with van der Waals surface area (Å²) in [6, 6.07) is 19.7. The predicted octanol–water partition coefficient (Wildman–Crippen LogP) is 6.40. The Morgan fingerprint density at radius 3 is 2.23 bits per heavy atom. The Morgan fingerprint density at radius 2 is 1.54 bits per heavy atom. The first-order valence-electron chi connectivity index (χ1n) is 12.9. The second-order valence-corrected chi connectivity index (χ2v) is 9.57. The number of hydrogen-bond acceptors (Lipinski definition) is 6. The second kappa shape index (κ2) is 13.9. The van der Waals surface area contributed by atoms with Gasteiger partial charge < -0.3 is 20.1 Å². The lowest BCUT2D eigenvalue weighted by Crippen LogP contribution is -2.21. The SMILES string of the molecule is CC(=O)c1cccc(NC(=O)COC(=O)CCCC(=O)Nc2ccc(Oc3cc(C)ccc3C(C)C)cc2)c1. The maximum atomic E-state index is 12.3. The summed E-state index contributed by atoms with van der Waals surface area (Å²) in [7, 11) is 0. The van der Waals surface area contributed by atoms with Gasteiger partial charge in [0.15, 0.2) is 12.4 Å². The van der Waals surface area contributed by atoms with E-state index in [2.05, 4.69) is 36.6 Å². The van der Waals surface area contributed by atoms with E-state index < -0.39 is 18.5 Å². The third kappa shape index (κ3) is 9.41. The molecule has 0 radical (unpaired) electrons. The lowest BCUT2D eigenvalue weighted by Gasteiger charge is -2.15. The first-order chi connectivity index (χ1) is 18.6. The summed E-state index contributed by atoms with van der Waals surface area (Å²) >= 11 is 0. The van der Waals surface area contributed by atoms with Crippen LogP contribution in [0.1, 0.15) is 67.4 Å². The highest BCUT2D eigenvalue weighted by atomic mass is 16.5. The van der Waals surface area contributed by atoms with Gasteiger partial charge in [-0.2, -0.15) is 0 Å². The van der Waals surface area contributed by atoms with Gasteiger partial charge in [0.1, 0.15) is 11.5 Å². The van der Waals surface area contributed by atoms with Gasteiger partial charge in [-0.15, -0.1) is 0 Å². The van der Waals surface area contributed by atoms with Gasteiger partial charge in [-0.1, -0.05) is 38.1 Å². The normalized spacial score (nSPS) is 10.6. The van der Waals surface area contributed by atoms with Crippen LogP contribution >= 0.6 is 0 Å². The number of hydrogen-bond donors (Lipinski definition) is 2. The molecule has 3 aromatic carbocycles. The van der Waals surface area contributed by atoms with Crippen molar-refractivity contribution < 1.29 is 28.7 Å². The predicted molar refractivity (Wildman–Crippen MR) is 150 cm³/mol. The van der Waals surface area contributed by atoms with Crippen LogP contribution in [-0.2, 0) is 19.1 Å². The second-order valence-electron chi connectivity index (χ2n) is 9.57. The molecule has 0 fully saturated rings. The van der Waals surface area contributed by atoms with Gasteiger partial charge >= 0.3 is 5.97 Å². The number of carbonyl (C=O) groups excluding carboxylic acids is 4. The number of nitrogens with one attached hydrogen (secondary N) is 2. The van der Waals surface area contributed by atoms with Gasteiger partial charge in [0.2, 0.25) is 5.91 Å². The summed E-state index contributed by atoms with van der Waals surface area (Å²) in [5.74, 6) is 0.356. The average molecular weight is 531 g/mol. The van der Waals surface area contributed by atoms with Gasteiger partial charge in [-0.25, -0.2) is 0 Å². The molecule has 0 spiro atoms. The molecule has 0 aliphatic heterocycles. The summed E-state index contributed by atoms with van der Waals surface area (Å²) in [4.78, 5) is 47.7. The summed E-state index contributed by atoms with van der Waals surface area (Å²) in [6.07, 6.45) is 0.403. The highest BCUT2D eigenvalue weighted by Crippen LogP contribution is 2.32. The number of esters is 1. The Bertz CT molecular complexity index is 1330. The topological polar surface area (TPSA) is 111 Å². The average Bonchev–Trinajstić information content (AvgIpc) is 2.88. The quantitative estimate of drug-likeness (QED) is 0.207. The van der Waals surface area contributed by atoms with E-state index in [0.29, 0.717) is 28.6 Å². The number of amides is 2. The molecule has 0 bridgehead atoms. The van der Waals surface area contributed by atoms with E-state index in [1.807, 2.05) is 13.0 Å². The monoisotopic (exact) mass is 530 g/mol. The smallest absolute Gasteiger partial charge is 0.306 e. The van der Waals surface area contributed by atoms with Crippen molar-refractivity contribution in [3.8, 4) is 11.5 Å². The van der Waals surface area contributed by atoms with Crippen molar-refractivity contribution >= 4 is 34.9 Å². The van der Waals surface area contributed by atoms with E-state index in [1.165, 1.54) is 6.92 Å². The fourth-order valence-corrected chi connectivity index (χ4v) is 3.79. The van der Waals surface area contributed by atoms with Crippen molar-refractivity contribution in [3.63, 3.8) is 0 Å². The van der Waals surface area contributed by atoms with Crippen LogP contribution in [-0.4, -0.2) is 30.2 Å². The van der Waals surface area contributed by atoms with Crippen LogP contribution in [0.4, 0.5) is 11.4 Å². The number of rotatable bonds is 12. The van der Waals surface area contributed by atoms with E-state index in [0.717, 1.165) is 16.9 Å². The Labute approximate surface area is 228 Å². The minimum Gasteiger partial charge on any atom is -0.457 e. The highest BCUT2D eigenvalue weighted by molar-refractivity contribution is 5.97. The Hall–Kier alpha value is -4.46. The van der Waals surface area contributed by atoms with Crippen LogP contribution in [0.5, 0.6) is 11.5 Å². The summed E-state index contributed by atoms with van der Waals surface area (Å²) < 4.78 is 11.1. The Balaban J connectivity index is 1.38. The lowest BCUT2D eigenvalue weighted by atomic mass is 10.0. The highest BCUT2D eigenvalue weighted by Gasteiger charge is 2.12. The molecule has 2 N–H and O–H groups in total. The molecule has 3 aromatic rings. The first kappa shape index (κ1) is 29.1. The van der Waals surface area contributed by atoms with Gasteiger partial charge in [-0.3, -0.25) is 19.2 Å². The maximum absolute atomic E-state index is 12.3. The maximum Gasteiger partial charge on any atom is 0.306 e. The molecule has 204 valence electrons. The zero-order chi connectivity index (χ0) is 28.4. The van der Waals surface area contributed by atoms with Gasteiger partial charge in [-0.05, 0) is 79.8 Å². The van der Waals surface area contributed by atoms with Gasteiger partial charge in [0.25, 0.3) is 5.91 Å². The third-order valence-electron chi connectivity index (χ3n) is 5.86. The standard InChI is InChI=1S/C31H34N2O6/c1-20(2)27-16-11-21(3)17-28(27)39-26-14-12-24(13-15-26)32-29(35)9-6-10-31(37)38-19-30(36)33-25-8-5-7-23(18-25)22(4)34/h5,7-8,11-18,20H,6,9-10,19H2,1-4H3,(H,32,35)(H,33,36). The number of ether oxygens (including phenoxy) is 2. The van der Waals surface area contributed by atoms with E-state index in [9.17, 15) is 19.2 Å². The summed E-state index contributed by atoms with van der Waals surface area (Å²) in [6.45, 7) is 7.23. The van der Waals surface area contributed by atoms with E-state index in [-0.39, 0.29) is 31.0 Å². The van der Waals surface area contributed by atoms with Crippen LogP contribution in [0.2, 0.25) is 0 Å². The molecule has 8 heteroatoms. The molecule has 0 aliphatic rings. The molecule has 0 saturated carbocycles. The molecule has 0 aromatic heterocycles. The van der Waals surface area contributed by atoms with Crippen LogP contribution < -0.4 is 15.4 Å². The molecule has 39 heavy (non-hydrogen) atoms. The number of Topliss-reactive ketones (excluding diaryl/α,β-unsaturated/α-hetero) is 1. The van der Waals surface area contributed by atoms with Crippen molar-refractivity contribution in [2.24, 2.45) is 0 Å². The number of carbonyl (C=O) groups is 4. The van der Waals surface area contributed by atoms with Crippen molar-refractivity contribution in [2.45, 2.75) is 52.9 Å². The number of ketones is 1. The lowest BCUT2D eigenvalue weighted by molar-refractivity contribution is -0.147. The molecule has 8 nitrogen and oxygen atoms in total. The van der Waals surface area contributed by atoms with E-state index in [4.69, 9.17) is 9.47 Å². The number of anilines is 2. The summed E-state index contributed by atoms with van der Waals surface area (Å²) in [5, 5.41) is 5.38. The Kier molecular flexibility index (Phi) is 10.4. The van der Waals surface area contributed by atoms with E-state index in [1.54, 1.807) is 48.5 Å². The number of benzene rings is 3.